The zero-order valence-corrected chi connectivity index (χ0v) is 11.2. The monoisotopic (exact) mass is 312 g/mol. The number of rotatable bonds is 3. The maximum absolute atomic E-state index is 14.0. The van der Waals surface area contributed by atoms with Crippen molar-refractivity contribution in [3.05, 3.63) is 63.9 Å². The van der Waals surface area contributed by atoms with Gasteiger partial charge in [0.2, 0.25) is 0 Å². The summed E-state index contributed by atoms with van der Waals surface area (Å²) < 4.78 is 28.1. The molecule has 0 aliphatic carbocycles. The molecule has 18 heavy (non-hydrogen) atoms. The fraction of sp³-hybridized carbons (Fsp3) is 0.154. The molecule has 0 fully saturated rings. The first kappa shape index (κ1) is 13.1. The van der Waals surface area contributed by atoms with E-state index < -0.39 is 17.7 Å². The normalized spacial score (nSPS) is 12.4. The van der Waals surface area contributed by atoms with Gasteiger partial charge in [-0.2, -0.15) is 0 Å². The Hall–Kier alpha value is -1.33. The van der Waals surface area contributed by atoms with E-state index >= 15 is 0 Å². The quantitative estimate of drug-likeness (QED) is 0.939. The largest absolute Gasteiger partial charge is 0.309 e. The highest BCUT2D eigenvalue weighted by Crippen LogP contribution is 2.29. The Balaban J connectivity index is 2.53. The van der Waals surface area contributed by atoms with Gasteiger partial charge in [-0.05, 0) is 35.1 Å². The van der Waals surface area contributed by atoms with E-state index in [4.69, 9.17) is 0 Å². The summed E-state index contributed by atoms with van der Waals surface area (Å²) in [5.41, 5.74) is 0.751. The van der Waals surface area contributed by atoms with E-state index in [-0.39, 0.29) is 0 Å². The molecule has 94 valence electrons. The lowest BCUT2D eigenvalue weighted by molar-refractivity contribution is 0.541. The van der Waals surface area contributed by atoms with Crippen molar-refractivity contribution in [2.75, 3.05) is 7.05 Å². The van der Waals surface area contributed by atoms with Crippen molar-refractivity contribution in [1.82, 2.24) is 10.3 Å². The van der Waals surface area contributed by atoms with Gasteiger partial charge < -0.3 is 5.32 Å². The molecule has 1 heterocycles. The molecule has 2 nitrogen and oxygen atoms in total. The van der Waals surface area contributed by atoms with Crippen LogP contribution in [0.25, 0.3) is 0 Å². The summed E-state index contributed by atoms with van der Waals surface area (Å²) >= 11 is 3.13. The SMILES string of the molecule is CNC(c1ccncc1F)c1cccc(Br)c1F. The van der Waals surface area contributed by atoms with Crippen LogP contribution in [0.3, 0.4) is 0 Å². The Labute approximate surface area is 112 Å². The van der Waals surface area contributed by atoms with Crippen molar-refractivity contribution in [2.24, 2.45) is 0 Å². The molecule has 0 bridgehead atoms. The standard InChI is InChI=1S/C13H11BrF2N2/c1-17-13(8-5-6-18-7-11(8)15)9-3-2-4-10(14)12(9)16/h2-7,13,17H,1H3. The third-order valence-electron chi connectivity index (χ3n) is 2.70. The van der Waals surface area contributed by atoms with Crippen molar-refractivity contribution in [3.8, 4) is 0 Å². The molecule has 0 aliphatic heterocycles. The first-order chi connectivity index (χ1) is 8.65. The highest BCUT2D eigenvalue weighted by molar-refractivity contribution is 9.10. The van der Waals surface area contributed by atoms with Crippen LogP contribution in [0.1, 0.15) is 17.2 Å². The van der Waals surface area contributed by atoms with E-state index in [1.807, 2.05) is 0 Å². The van der Waals surface area contributed by atoms with Crippen LogP contribution in [0.2, 0.25) is 0 Å². The van der Waals surface area contributed by atoms with Gasteiger partial charge in [0, 0.05) is 17.3 Å². The highest BCUT2D eigenvalue weighted by Gasteiger charge is 2.20. The Morgan fingerprint density at radius 1 is 1.22 bits per heavy atom. The van der Waals surface area contributed by atoms with Crippen LogP contribution >= 0.6 is 15.9 Å². The molecular weight excluding hydrogens is 302 g/mol. The number of halogens is 3. The van der Waals surface area contributed by atoms with E-state index in [1.165, 1.54) is 12.3 Å². The summed E-state index contributed by atoms with van der Waals surface area (Å²) in [5.74, 6) is -0.857. The molecule has 2 aromatic rings. The molecule has 0 radical (unpaired) electrons. The lowest BCUT2D eigenvalue weighted by Crippen LogP contribution is -2.20. The van der Waals surface area contributed by atoms with E-state index in [0.717, 1.165) is 6.20 Å². The van der Waals surface area contributed by atoms with E-state index in [9.17, 15) is 8.78 Å². The average molecular weight is 313 g/mol. The molecule has 1 N–H and O–H groups in total. The van der Waals surface area contributed by atoms with Crippen LogP contribution in [-0.2, 0) is 0 Å². The third-order valence-corrected chi connectivity index (χ3v) is 3.31. The van der Waals surface area contributed by atoms with Gasteiger partial charge >= 0.3 is 0 Å². The second-order valence-corrected chi connectivity index (χ2v) is 4.62. The minimum absolute atomic E-state index is 0.356. The number of aromatic nitrogens is 1. The van der Waals surface area contributed by atoms with Gasteiger partial charge in [-0.25, -0.2) is 8.78 Å². The summed E-state index contributed by atoms with van der Waals surface area (Å²) in [6.45, 7) is 0. The van der Waals surface area contributed by atoms with Gasteiger partial charge in [0.05, 0.1) is 16.7 Å². The Morgan fingerprint density at radius 2 is 2.00 bits per heavy atom. The van der Waals surface area contributed by atoms with Crippen LogP contribution in [0.5, 0.6) is 0 Å². The molecule has 0 amide bonds. The van der Waals surface area contributed by atoms with Crippen LogP contribution in [-0.4, -0.2) is 12.0 Å². The van der Waals surface area contributed by atoms with Crippen molar-refractivity contribution in [1.29, 1.82) is 0 Å². The number of hydrogen-bond acceptors (Lipinski definition) is 2. The van der Waals surface area contributed by atoms with Gasteiger partial charge in [0.15, 0.2) is 0 Å². The summed E-state index contributed by atoms with van der Waals surface area (Å²) in [7, 11) is 1.66. The molecule has 0 saturated carbocycles. The third kappa shape index (κ3) is 2.42. The summed E-state index contributed by atoms with van der Waals surface area (Å²) in [5, 5.41) is 2.91. The minimum atomic E-state index is -0.550. The zero-order chi connectivity index (χ0) is 13.1. The summed E-state index contributed by atoms with van der Waals surface area (Å²) in [6, 6.07) is 5.93. The van der Waals surface area contributed by atoms with Crippen molar-refractivity contribution in [2.45, 2.75) is 6.04 Å². The maximum Gasteiger partial charge on any atom is 0.146 e. The molecule has 0 spiro atoms. The topological polar surface area (TPSA) is 24.9 Å². The number of benzene rings is 1. The Kier molecular flexibility index (Phi) is 4.04. The number of pyridine rings is 1. The molecule has 0 saturated heterocycles. The fourth-order valence-electron chi connectivity index (χ4n) is 1.84. The fourth-order valence-corrected chi connectivity index (χ4v) is 2.22. The predicted molar refractivity (Wildman–Crippen MR) is 69.2 cm³/mol. The Morgan fingerprint density at radius 3 is 2.67 bits per heavy atom. The maximum atomic E-state index is 14.0. The van der Waals surface area contributed by atoms with Crippen LogP contribution in [0.4, 0.5) is 8.78 Å². The molecule has 1 unspecified atom stereocenters. The lowest BCUT2D eigenvalue weighted by atomic mass is 9.99. The molecule has 2 rings (SSSR count). The van der Waals surface area contributed by atoms with E-state index in [2.05, 4.69) is 26.2 Å². The van der Waals surface area contributed by atoms with Crippen LogP contribution in [0.15, 0.2) is 41.1 Å². The summed E-state index contributed by atoms with van der Waals surface area (Å²) in [6.07, 6.45) is 2.61. The van der Waals surface area contributed by atoms with Gasteiger partial charge in [-0.15, -0.1) is 0 Å². The lowest BCUT2D eigenvalue weighted by Gasteiger charge is -2.18. The molecule has 0 aliphatic rings. The van der Waals surface area contributed by atoms with Gasteiger partial charge in [-0.1, -0.05) is 12.1 Å². The molecule has 5 heteroatoms. The highest BCUT2D eigenvalue weighted by atomic mass is 79.9. The van der Waals surface area contributed by atoms with Gasteiger partial charge in [0.25, 0.3) is 0 Å². The second kappa shape index (κ2) is 5.54. The van der Waals surface area contributed by atoms with Crippen molar-refractivity contribution in [3.63, 3.8) is 0 Å². The van der Waals surface area contributed by atoms with E-state index in [0.29, 0.717) is 15.6 Å². The second-order valence-electron chi connectivity index (χ2n) is 3.76. The predicted octanol–water partition coefficient (Wildman–Crippen LogP) is 3.43. The van der Waals surface area contributed by atoms with Gasteiger partial charge in [-0.3, -0.25) is 4.98 Å². The smallest absolute Gasteiger partial charge is 0.146 e. The van der Waals surface area contributed by atoms with Crippen LogP contribution in [0, 0.1) is 11.6 Å². The minimum Gasteiger partial charge on any atom is -0.309 e. The van der Waals surface area contributed by atoms with Crippen LogP contribution < -0.4 is 5.32 Å². The zero-order valence-electron chi connectivity index (χ0n) is 9.62. The summed E-state index contributed by atoms with van der Waals surface area (Å²) in [4.78, 5) is 3.69. The van der Waals surface area contributed by atoms with E-state index in [1.54, 1.807) is 25.2 Å². The molecular formula is C13H11BrF2N2. The molecule has 1 aromatic carbocycles. The number of nitrogens with one attached hydrogen (secondary N) is 1. The van der Waals surface area contributed by atoms with Crippen molar-refractivity contribution < 1.29 is 8.78 Å². The average Bonchev–Trinajstić information content (AvgIpc) is 2.37. The first-order valence-corrected chi connectivity index (χ1v) is 6.15. The number of hydrogen-bond donors (Lipinski definition) is 1. The first-order valence-electron chi connectivity index (χ1n) is 5.35. The van der Waals surface area contributed by atoms with Crippen molar-refractivity contribution >= 4 is 15.9 Å². The number of nitrogens with zero attached hydrogens (tertiary/aromatic N) is 1. The molecule has 1 aromatic heterocycles. The Bertz CT molecular complexity index is 560. The molecule has 1 atom stereocenters. The van der Waals surface area contributed by atoms with Gasteiger partial charge in [0.1, 0.15) is 11.6 Å².